The van der Waals surface area contributed by atoms with E-state index in [2.05, 4.69) is 4.74 Å². The van der Waals surface area contributed by atoms with Crippen molar-refractivity contribution in [3.05, 3.63) is 0 Å². The molecular formula is C10H17NO3. The van der Waals surface area contributed by atoms with Crippen molar-refractivity contribution in [1.29, 1.82) is 0 Å². The highest BCUT2D eigenvalue weighted by Crippen LogP contribution is 2.21. The van der Waals surface area contributed by atoms with Crippen LogP contribution in [0.15, 0.2) is 0 Å². The zero-order chi connectivity index (χ0) is 10.4. The smallest absolute Gasteiger partial charge is 0.409 e. The van der Waals surface area contributed by atoms with Crippen LogP contribution in [0.4, 0.5) is 4.79 Å². The minimum absolute atomic E-state index is 0.237. The predicted molar refractivity (Wildman–Crippen MR) is 52.0 cm³/mol. The Balaban J connectivity index is 2.24. The second kappa shape index (κ2) is 5.62. The maximum Gasteiger partial charge on any atom is 0.409 e. The fourth-order valence-corrected chi connectivity index (χ4v) is 1.84. The van der Waals surface area contributed by atoms with Gasteiger partial charge in [0.15, 0.2) is 0 Å². The molecule has 0 atom stereocenters. The van der Waals surface area contributed by atoms with Crippen LogP contribution in [-0.4, -0.2) is 37.5 Å². The van der Waals surface area contributed by atoms with Gasteiger partial charge in [-0.15, -0.1) is 0 Å². The van der Waals surface area contributed by atoms with E-state index in [-0.39, 0.29) is 6.09 Å². The van der Waals surface area contributed by atoms with Gasteiger partial charge in [0.25, 0.3) is 0 Å². The molecule has 0 aromatic rings. The fraction of sp³-hybridized carbons (Fsp3) is 0.800. The van der Waals surface area contributed by atoms with Gasteiger partial charge in [-0.2, -0.15) is 0 Å². The number of rotatable bonds is 3. The van der Waals surface area contributed by atoms with Gasteiger partial charge in [0.05, 0.1) is 7.11 Å². The van der Waals surface area contributed by atoms with Crippen LogP contribution in [0.5, 0.6) is 0 Å². The first kappa shape index (κ1) is 11.0. The Bertz CT molecular complexity index is 198. The zero-order valence-corrected chi connectivity index (χ0v) is 8.57. The third-order valence-electron chi connectivity index (χ3n) is 2.74. The third kappa shape index (κ3) is 3.01. The molecule has 14 heavy (non-hydrogen) atoms. The van der Waals surface area contributed by atoms with Crippen LogP contribution in [-0.2, 0) is 9.53 Å². The van der Waals surface area contributed by atoms with Gasteiger partial charge in [-0.25, -0.2) is 4.79 Å². The van der Waals surface area contributed by atoms with E-state index < -0.39 is 0 Å². The Morgan fingerprint density at radius 3 is 2.64 bits per heavy atom. The largest absolute Gasteiger partial charge is 0.453 e. The van der Waals surface area contributed by atoms with Crippen molar-refractivity contribution in [2.45, 2.75) is 25.7 Å². The molecule has 80 valence electrons. The molecule has 1 aliphatic rings. The van der Waals surface area contributed by atoms with Gasteiger partial charge in [-0.1, -0.05) is 0 Å². The van der Waals surface area contributed by atoms with Gasteiger partial charge in [-0.05, 0) is 25.2 Å². The molecule has 4 nitrogen and oxygen atoms in total. The monoisotopic (exact) mass is 199 g/mol. The second-order valence-corrected chi connectivity index (χ2v) is 3.64. The van der Waals surface area contributed by atoms with E-state index in [9.17, 15) is 9.59 Å². The Labute approximate surface area is 84.2 Å². The highest BCUT2D eigenvalue weighted by atomic mass is 16.5. The van der Waals surface area contributed by atoms with Crippen LogP contribution >= 0.6 is 0 Å². The van der Waals surface area contributed by atoms with Gasteiger partial charge in [0.1, 0.15) is 6.29 Å². The Morgan fingerprint density at radius 2 is 2.14 bits per heavy atom. The first-order chi connectivity index (χ1) is 6.77. The molecule has 0 aromatic heterocycles. The molecule has 1 rings (SSSR count). The summed E-state index contributed by atoms with van der Waals surface area (Å²) in [5.41, 5.74) is 0. The topological polar surface area (TPSA) is 46.6 Å². The van der Waals surface area contributed by atoms with Crippen LogP contribution in [0, 0.1) is 5.92 Å². The number of aldehydes is 1. The highest BCUT2D eigenvalue weighted by molar-refractivity contribution is 5.67. The van der Waals surface area contributed by atoms with E-state index >= 15 is 0 Å². The van der Waals surface area contributed by atoms with Gasteiger partial charge in [0, 0.05) is 19.5 Å². The summed E-state index contributed by atoms with van der Waals surface area (Å²) in [5.74, 6) is 0.598. The number of methoxy groups -OCH3 is 1. The van der Waals surface area contributed by atoms with E-state index in [1.165, 1.54) is 7.11 Å². The van der Waals surface area contributed by atoms with Crippen LogP contribution in [0.3, 0.4) is 0 Å². The van der Waals surface area contributed by atoms with Crippen molar-refractivity contribution in [3.63, 3.8) is 0 Å². The summed E-state index contributed by atoms with van der Waals surface area (Å²) < 4.78 is 4.64. The lowest BCUT2D eigenvalue weighted by Gasteiger charge is -2.30. The molecule has 4 heteroatoms. The van der Waals surface area contributed by atoms with Gasteiger partial charge < -0.3 is 14.4 Å². The maximum absolute atomic E-state index is 11.1. The Hall–Kier alpha value is -1.06. The minimum Gasteiger partial charge on any atom is -0.453 e. The lowest BCUT2D eigenvalue weighted by atomic mass is 9.93. The molecule has 0 N–H and O–H groups in total. The lowest BCUT2D eigenvalue weighted by Crippen LogP contribution is -2.38. The molecular weight excluding hydrogens is 182 g/mol. The molecule has 0 bridgehead atoms. The van der Waals surface area contributed by atoms with Crippen LogP contribution in [0.2, 0.25) is 0 Å². The van der Waals surface area contributed by atoms with E-state index in [0.29, 0.717) is 12.3 Å². The summed E-state index contributed by atoms with van der Waals surface area (Å²) in [6.45, 7) is 1.52. The van der Waals surface area contributed by atoms with E-state index in [4.69, 9.17) is 0 Å². The van der Waals surface area contributed by atoms with Crippen molar-refractivity contribution >= 4 is 12.4 Å². The quantitative estimate of drug-likeness (QED) is 0.646. The Kier molecular flexibility index (Phi) is 4.43. The molecule has 1 heterocycles. The normalized spacial score (nSPS) is 17.9. The van der Waals surface area contributed by atoms with Gasteiger partial charge >= 0.3 is 6.09 Å². The van der Waals surface area contributed by atoms with Crippen molar-refractivity contribution in [2.75, 3.05) is 20.2 Å². The fourth-order valence-electron chi connectivity index (χ4n) is 1.84. The number of hydrogen-bond donors (Lipinski definition) is 0. The molecule has 1 fully saturated rings. The molecule has 0 spiro atoms. The summed E-state index contributed by atoms with van der Waals surface area (Å²) >= 11 is 0. The number of likely N-dealkylation sites (tertiary alicyclic amines) is 1. The van der Waals surface area contributed by atoms with Crippen molar-refractivity contribution in [2.24, 2.45) is 5.92 Å². The molecule has 1 aliphatic heterocycles. The molecule has 1 amide bonds. The number of carbonyl (C=O) groups excluding carboxylic acids is 2. The van der Waals surface area contributed by atoms with Gasteiger partial charge in [0.2, 0.25) is 0 Å². The number of ether oxygens (including phenoxy) is 1. The average molecular weight is 199 g/mol. The van der Waals surface area contributed by atoms with Crippen molar-refractivity contribution in [1.82, 2.24) is 4.90 Å². The predicted octanol–water partition coefficient (Wildman–Crippen LogP) is 1.44. The van der Waals surface area contributed by atoms with Gasteiger partial charge in [-0.3, -0.25) is 0 Å². The molecule has 0 saturated carbocycles. The SMILES string of the molecule is COC(=O)N1CCC(CCC=O)CC1. The maximum atomic E-state index is 11.1. The molecule has 0 unspecified atom stereocenters. The summed E-state index contributed by atoms with van der Waals surface area (Å²) in [6, 6.07) is 0. The lowest BCUT2D eigenvalue weighted by molar-refractivity contribution is -0.108. The van der Waals surface area contributed by atoms with Crippen LogP contribution in [0.1, 0.15) is 25.7 Å². The Morgan fingerprint density at radius 1 is 1.50 bits per heavy atom. The minimum atomic E-state index is -0.237. The van der Waals surface area contributed by atoms with E-state index in [1.54, 1.807) is 4.90 Å². The number of piperidine rings is 1. The van der Waals surface area contributed by atoms with Crippen molar-refractivity contribution in [3.8, 4) is 0 Å². The summed E-state index contributed by atoms with van der Waals surface area (Å²) in [5, 5.41) is 0. The van der Waals surface area contributed by atoms with E-state index in [1.807, 2.05) is 0 Å². The molecule has 1 saturated heterocycles. The molecule has 0 aromatic carbocycles. The average Bonchev–Trinajstić information content (AvgIpc) is 2.26. The number of hydrogen-bond acceptors (Lipinski definition) is 3. The first-order valence-electron chi connectivity index (χ1n) is 5.04. The number of nitrogens with zero attached hydrogens (tertiary/aromatic N) is 1. The first-order valence-corrected chi connectivity index (χ1v) is 5.04. The second-order valence-electron chi connectivity index (χ2n) is 3.64. The third-order valence-corrected chi connectivity index (χ3v) is 2.74. The van der Waals surface area contributed by atoms with E-state index in [0.717, 1.165) is 38.6 Å². The molecule has 0 aliphatic carbocycles. The highest BCUT2D eigenvalue weighted by Gasteiger charge is 2.22. The number of carbonyl (C=O) groups is 2. The summed E-state index contributed by atoms with van der Waals surface area (Å²) in [4.78, 5) is 23.0. The number of amides is 1. The molecule has 0 radical (unpaired) electrons. The van der Waals surface area contributed by atoms with Crippen molar-refractivity contribution < 1.29 is 14.3 Å². The van der Waals surface area contributed by atoms with Crippen LogP contribution in [0.25, 0.3) is 0 Å². The summed E-state index contributed by atoms with van der Waals surface area (Å²) in [6.07, 6.45) is 4.30. The standard InChI is InChI=1S/C10H17NO3/c1-14-10(13)11-6-4-9(5-7-11)3-2-8-12/h8-9H,2-7H2,1H3. The van der Waals surface area contributed by atoms with Crippen LogP contribution < -0.4 is 0 Å². The summed E-state index contributed by atoms with van der Waals surface area (Å²) in [7, 11) is 1.40. The zero-order valence-electron chi connectivity index (χ0n) is 8.57.